The van der Waals surface area contributed by atoms with E-state index in [1.54, 1.807) is 0 Å². The van der Waals surface area contributed by atoms with E-state index < -0.39 is 24.4 Å². The van der Waals surface area contributed by atoms with E-state index in [1.807, 2.05) is 0 Å². The lowest BCUT2D eigenvalue weighted by atomic mass is 9.95. The molecule has 0 aromatic carbocycles. The molecule has 1 unspecified atom stereocenters. The second-order valence-corrected chi connectivity index (χ2v) is 3.21. The fourth-order valence-electron chi connectivity index (χ4n) is 1.24. The number of likely N-dealkylation sites (tertiary alicyclic amines) is 1. The first kappa shape index (κ1) is 9.22. The van der Waals surface area contributed by atoms with Crippen LogP contribution in [0.15, 0.2) is 0 Å². The van der Waals surface area contributed by atoms with E-state index in [4.69, 9.17) is 5.73 Å². The summed E-state index contributed by atoms with van der Waals surface area (Å²) in [5.41, 5.74) is 4.89. The highest BCUT2D eigenvalue weighted by molar-refractivity contribution is 5.72. The summed E-state index contributed by atoms with van der Waals surface area (Å²) in [6.45, 7) is 1.29. The molecule has 3 nitrogen and oxygen atoms in total. The number of hydrogen-bond donors (Lipinski definition) is 1. The maximum atomic E-state index is 13.0. The molecule has 2 N–H and O–H groups in total. The van der Waals surface area contributed by atoms with Crippen LogP contribution >= 0.6 is 0 Å². The Morgan fingerprint density at radius 1 is 1.67 bits per heavy atom. The van der Waals surface area contributed by atoms with Gasteiger partial charge in [-0.15, -0.1) is 0 Å². The van der Waals surface area contributed by atoms with Gasteiger partial charge in [0, 0.05) is 12.5 Å². The number of piperidine rings is 1. The zero-order valence-corrected chi connectivity index (χ0v) is 6.89. The molecule has 0 aliphatic carbocycles. The highest BCUT2D eigenvalue weighted by Crippen LogP contribution is 2.31. The fourth-order valence-corrected chi connectivity index (χ4v) is 1.24. The maximum absolute atomic E-state index is 13.0. The van der Waals surface area contributed by atoms with E-state index in [0.29, 0.717) is 13.0 Å². The Bertz CT molecular complexity index is 196. The molecular formula is C7H12F2N2O. The highest BCUT2D eigenvalue weighted by atomic mass is 19.3. The Kier molecular flexibility index (Phi) is 2.21. The first-order valence-electron chi connectivity index (χ1n) is 3.85. The van der Waals surface area contributed by atoms with E-state index in [-0.39, 0.29) is 0 Å². The third kappa shape index (κ3) is 1.65. The number of nitrogens with two attached hydrogens (primary N) is 1. The van der Waals surface area contributed by atoms with Crippen LogP contribution in [0.2, 0.25) is 0 Å². The number of alkyl halides is 2. The monoisotopic (exact) mass is 178 g/mol. The summed E-state index contributed by atoms with van der Waals surface area (Å²) >= 11 is 0. The number of urea groups is 1. The van der Waals surface area contributed by atoms with E-state index in [9.17, 15) is 13.6 Å². The predicted octanol–water partition coefficient (Wildman–Crippen LogP) is 1.04. The summed E-state index contributed by atoms with van der Waals surface area (Å²) in [5.74, 6) is -3.44. The van der Waals surface area contributed by atoms with Crippen molar-refractivity contribution in [3.05, 3.63) is 0 Å². The van der Waals surface area contributed by atoms with Crippen molar-refractivity contribution in [2.75, 3.05) is 13.1 Å². The lowest BCUT2D eigenvalue weighted by molar-refractivity contribution is -0.0930. The third-order valence-electron chi connectivity index (χ3n) is 2.27. The highest BCUT2D eigenvalue weighted by Gasteiger charge is 2.42. The van der Waals surface area contributed by atoms with Crippen LogP contribution in [-0.2, 0) is 0 Å². The van der Waals surface area contributed by atoms with Gasteiger partial charge >= 0.3 is 6.03 Å². The summed E-state index contributed by atoms with van der Waals surface area (Å²) in [6.07, 6.45) is 0.315. The zero-order valence-electron chi connectivity index (χ0n) is 6.89. The van der Waals surface area contributed by atoms with Crippen molar-refractivity contribution >= 4 is 6.03 Å². The van der Waals surface area contributed by atoms with Gasteiger partial charge in [-0.25, -0.2) is 13.6 Å². The molecule has 5 heteroatoms. The number of nitrogens with zero attached hydrogens (tertiary/aromatic N) is 1. The Morgan fingerprint density at radius 3 is 2.67 bits per heavy atom. The van der Waals surface area contributed by atoms with Crippen LogP contribution < -0.4 is 5.73 Å². The molecule has 70 valence electrons. The minimum atomic E-state index is -2.78. The second-order valence-electron chi connectivity index (χ2n) is 3.21. The van der Waals surface area contributed by atoms with Gasteiger partial charge in [0.1, 0.15) is 0 Å². The topological polar surface area (TPSA) is 46.3 Å². The first-order chi connectivity index (χ1) is 5.43. The van der Waals surface area contributed by atoms with Gasteiger partial charge in [0.25, 0.3) is 5.92 Å². The molecule has 1 fully saturated rings. The third-order valence-corrected chi connectivity index (χ3v) is 2.27. The molecule has 1 saturated heterocycles. The molecule has 1 aliphatic heterocycles. The van der Waals surface area contributed by atoms with Gasteiger partial charge < -0.3 is 10.6 Å². The number of rotatable bonds is 0. The minimum Gasteiger partial charge on any atom is -0.351 e. The van der Waals surface area contributed by atoms with Crippen molar-refractivity contribution in [3.63, 3.8) is 0 Å². The summed E-state index contributed by atoms with van der Waals surface area (Å²) in [4.78, 5) is 11.5. The molecule has 0 bridgehead atoms. The average Bonchev–Trinajstić information content (AvgIpc) is 1.94. The average molecular weight is 178 g/mol. The van der Waals surface area contributed by atoms with Crippen LogP contribution in [-0.4, -0.2) is 29.9 Å². The molecule has 0 spiro atoms. The van der Waals surface area contributed by atoms with Gasteiger partial charge in [0.05, 0.1) is 6.54 Å². The molecule has 0 saturated carbocycles. The summed E-state index contributed by atoms with van der Waals surface area (Å²) in [7, 11) is 0. The smallest absolute Gasteiger partial charge is 0.314 e. The van der Waals surface area contributed by atoms with Gasteiger partial charge in [-0.1, -0.05) is 6.92 Å². The molecular weight excluding hydrogens is 166 g/mol. The van der Waals surface area contributed by atoms with Crippen LogP contribution in [0.4, 0.5) is 13.6 Å². The van der Waals surface area contributed by atoms with Gasteiger partial charge in [-0.3, -0.25) is 0 Å². The van der Waals surface area contributed by atoms with E-state index in [2.05, 4.69) is 0 Å². The molecule has 0 aromatic heterocycles. The van der Waals surface area contributed by atoms with Crippen LogP contribution in [0.25, 0.3) is 0 Å². The van der Waals surface area contributed by atoms with Crippen LogP contribution in [0, 0.1) is 5.92 Å². The quantitative estimate of drug-likeness (QED) is 0.592. The van der Waals surface area contributed by atoms with Gasteiger partial charge in [-0.2, -0.15) is 0 Å². The number of carbonyl (C=O) groups is 1. The maximum Gasteiger partial charge on any atom is 0.314 e. The van der Waals surface area contributed by atoms with Crippen molar-refractivity contribution in [1.29, 1.82) is 0 Å². The number of primary amides is 1. The predicted molar refractivity (Wildman–Crippen MR) is 39.9 cm³/mol. The van der Waals surface area contributed by atoms with E-state index in [1.165, 1.54) is 6.92 Å². The number of amides is 2. The van der Waals surface area contributed by atoms with Gasteiger partial charge in [0.15, 0.2) is 0 Å². The fraction of sp³-hybridized carbons (Fsp3) is 0.857. The van der Waals surface area contributed by atoms with Crippen molar-refractivity contribution in [1.82, 2.24) is 4.90 Å². The molecule has 1 rings (SSSR count). The van der Waals surface area contributed by atoms with Crippen LogP contribution in [0.1, 0.15) is 13.3 Å². The molecule has 1 atom stereocenters. The molecule has 1 aliphatic rings. The molecule has 12 heavy (non-hydrogen) atoms. The first-order valence-corrected chi connectivity index (χ1v) is 3.85. The van der Waals surface area contributed by atoms with Crippen LogP contribution in [0.5, 0.6) is 0 Å². The van der Waals surface area contributed by atoms with Crippen molar-refractivity contribution < 1.29 is 13.6 Å². The van der Waals surface area contributed by atoms with E-state index in [0.717, 1.165) is 4.90 Å². The van der Waals surface area contributed by atoms with Gasteiger partial charge in [0.2, 0.25) is 0 Å². The summed E-state index contributed by atoms with van der Waals surface area (Å²) < 4.78 is 25.9. The molecule has 1 heterocycles. The Morgan fingerprint density at radius 2 is 2.25 bits per heavy atom. The molecule has 0 radical (unpaired) electrons. The second kappa shape index (κ2) is 2.88. The van der Waals surface area contributed by atoms with Crippen molar-refractivity contribution in [2.24, 2.45) is 11.7 Å². The van der Waals surface area contributed by atoms with Crippen molar-refractivity contribution in [2.45, 2.75) is 19.3 Å². The standard InChI is InChI=1S/C7H12F2N2O/c1-5-2-3-11(6(10)12)4-7(5,8)9/h5H,2-4H2,1H3,(H2,10,12). The van der Waals surface area contributed by atoms with Gasteiger partial charge in [-0.05, 0) is 6.42 Å². The van der Waals surface area contributed by atoms with Crippen molar-refractivity contribution in [3.8, 4) is 0 Å². The SMILES string of the molecule is CC1CCN(C(N)=O)CC1(F)F. The Labute approximate surface area is 69.5 Å². The molecule has 2 amide bonds. The zero-order chi connectivity index (χ0) is 9.35. The minimum absolute atomic E-state index is 0.315. The number of hydrogen-bond acceptors (Lipinski definition) is 1. The number of carbonyl (C=O) groups excluding carboxylic acids is 1. The summed E-state index contributed by atoms with van der Waals surface area (Å²) in [6, 6.07) is -0.762. The largest absolute Gasteiger partial charge is 0.351 e. The molecule has 0 aromatic rings. The van der Waals surface area contributed by atoms with Crippen LogP contribution in [0.3, 0.4) is 0 Å². The summed E-state index contributed by atoms with van der Waals surface area (Å²) in [5, 5.41) is 0. The van der Waals surface area contributed by atoms with E-state index >= 15 is 0 Å². The number of halogens is 2. The Hall–Kier alpha value is -0.870. The lowest BCUT2D eigenvalue weighted by Crippen LogP contribution is -2.51. The normalized spacial score (nSPS) is 28.6. The lowest BCUT2D eigenvalue weighted by Gasteiger charge is -2.35. The Balaban J connectivity index is 2.63.